The van der Waals surface area contributed by atoms with E-state index < -0.39 is 12.0 Å². The second kappa shape index (κ2) is 2.64. The summed E-state index contributed by atoms with van der Waals surface area (Å²) in [6.07, 6.45) is -2.05. The third-order valence-corrected chi connectivity index (χ3v) is 3.12. The fraction of sp³-hybridized carbons (Fsp3) is 1.00. The molecule has 1 saturated carbocycles. The molecule has 2 fully saturated rings. The summed E-state index contributed by atoms with van der Waals surface area (Å²) in [6.45, 7) is 1.58. The highest BCUT2D eigenvalue weighted by molar-refractivity contribution is 5.00. The first kappa shape index (κ1) is 8.38. The fourth-order valence-corrected chi connectivity index (χ4v) is 2.43. The molecule has 0 aromatic heterocycles. The van der Waals surface area contributed by atoms with Crippen LogP contribution < -0.4 is 5.32 Å². The van der Waals surface area contributed by atoms with E-state index in [1.165, 1.54) is 0 Å². The topological polar surface area (TPSA) is 32.3 Å². The minimum Gasteiger partial charge on any atom is -0.384 e. The molecule has 2 nitrogen and oxygen atoms in total. The Morgan fingerprint density at radius 2 is 1.75 bits per heavy atom. The minimum absolute atomic E-state index is 0.266. The lowest BCUT2D eigenvalue weighted by molar-refractivity contribution is -0.0950. The Morgan fingerprint density at radius 1 is 1.25 bits per heavy atom. The summed E-state index contributed by atoms with van der Waals surface area (Å²) in [5, 5.41) is 12.6. The largest absolute Gasteiger partial charge is 0.384 e. The van der Waals surface area contributed by atoms with Gasteiger partial charge in [0.25, 0.3) is 6.43 Å². The zero-order valence-electron chi connectivity index (χ0n) is 6.76. The van der Waals surface area contributed by atoms with Crippen molar-refractivity contribution in [3.8, 4) is 0 Å². The first-order valence-electron chi connectivity index (χ1n) is 4.33. The van der Waals surface area contributed by atoms with Gasteiger partial charge in [-0.3, -0.25) is 0 Å². The Labute approximate surface area is 70.0 Å². The van der Waals surface area contributed by atoms with E-state index >= 15 is 0 Å². The van der Waals surface area contributed by atoms with Crippen LogP contribution in [0.15, 0.2) is 0 Å². The summed E-state index contributed by atoms with van der Waals surface area (Å²) in [5.41, 5.74) is -1.68. The molecule has 1 saturated heterocycles. The molecule has 0 amide bonds. The fourth-order valence-electron chi connectivity index (χ4n) is 2.43. The molecular weight excluding hydrogens is 164 g/mol. The first-order chi connectivity index (χ1) is 5.62. The third-order valence-electron chi connectivity index (χ3n) is 3.12. The van der Waals surface area contributed by atoms with Crippen LogP contribution in [0.1, 0.15) is 12.8 Å². The van der Waals surface area contributed by atoms with Crippen LogP contribution in [0.5, 0.6) is 0 Å². The molecule has 70 valence electrons. The first-order valence-corrected chi connectivity index (χ1v) is 4.33. The summed E-state index contributed by atoms with van der Waals surface area (Å²) < 4.78 is 24.7. The number of hydrogen-bond donors (Lipinski definition) is 2. The zero-order chi connectivity index (χ0) is 8.77. The van der Waals surface area contributed by atoms with Crippen LogP contribution in [0.2, 0.25) is 0 Å². The molecule has 0 spiro atoms. The molecule has 0 aromatic rings. The van der Waals surface area contributed by atoms with Crippen molar-refractivity contribution in [1.82, 2.24) is 5.32 Å². The number of hydrogen-bond acceptors (Lipinski definition) is 2. The number of fused-ring (bicyclic) bond motifs is 1. The normalized spacial score (nSPS) is 47.0. The Kier molecular flexibility index (Phi) is 1.84. The van der Waals surface area contributed by atoms with Crippen LogP contribution in [-0.4, -0.2) is 30.2 Å². The Morgan fingerprint density at radius 3 is 2.17 bits per heavy atom. The highest BCUT2D eigenvalue weighted by Gasteiger charge is 2.51. The van der Waals surface area contributed by atoms with Gasteiger partial charge in [0.1, 0.15) is 5.60 Å². The maximum atomic E-state index is 12.4. The van der Waals surface area contributed by atoms with Gasteiger partial charge in [-0.05, 0) is 37.8 Å². The van der Waals surface area contributed by atoms with Crippen molar-refractivity contribution in [3.05, 3.63) is 0 Å². The lowest BCUT2D eigenvalue weighted by Gasteiger charge is -2.22. The second-order valence-electron chi connectivity index (χ2n) is 3.99. The van der Waals surface area contributed by atoms with Crippen molar-refractivity contribution in [3.63, 3.8) is 0 Å². The molecule has 1 aliphatic heterocycles. The molecule has 1 aliphatic carbocycles. The summed E-state index contributed by atoms with van der Waals surface area (Å²) in [4.78, 5) is 0. The monoisotopic (exact) mass is 177 g/mol. The summed E-state index contributed by atoms with van der Waals surface area (Å²) in [7, 11) is 0. The van der Waals surface area contributed by atoms with Crippen LogP contribution in [-0.2, 0) is 0 Å². The number of alkyl halides is 2. The van der Waals surface area contributed by atoms with E-state index in [2.05, 4.69) is 5.32 Å². The van der Waals surface area contributed by atoms with E-state index in [1.807, 2.05) is 0 Å². The predicted molar refractivity (Wildman–Crippen MR) is 40.0 cm³/mol. The van der Waals surface area contributed by atoms with Crippen molar-refractivity contribution in [2.24, 2.45) is 11.8 Å². The Hall–Kier alpha value is -0.220. The van der Waals surface area contributed by atoms with Crippen molar-refractivity contribution in [1.29, 1.82) is 0 Å². The minimum atomic E-state index is -2.58. The van der Waals surface area contributed by atoms with E-state index in [0.717, 1.165) is 13.1 Å². The van der Waals surface area contributed by atoms with E-state index in [9.17, 15) is 13.9 Å². The summed E-state index contributed by atoms with van der Waals surface area (Å²) >= 11 is 0. The Balaban J connectivity index is 2.06. The van der Waals surface area contributed by atoms with Gasteiger partial charge >= 0.3 is 0 Å². The highest BCUT2D eigenvalue weighted by atomic mass is 19.3. The quantitative estimate of drug-likeness (QED) is 0.615. The van der Waals surface area contributed by atoms with Crippen LogP contribution in [0.3, 0.4) is 0 Å². The van der Waals surface area contributed by atoms with Crippen LogP contribution in [0, 0.1) is 11.8 Å². The van der Waals surface area contributed by atoms with E-state index in [-0.39, 0.29) is 24.7 Å². The third kappa shape index (κ3) is 1.13. The highest BCUT2D eigenvalue weighted by Crippen LogP contribution is 2.44. The van der Waals surface area contributed by atoms with Crippen LogP contribution in [0.25, 0.3) is 0 Å². The average Bonchev–Trinajstić information content (AvgIpc) is 2.44. The average molecular weight is 177 g/mol. The maximum Gasteiger partial charge on any atom is 0.266 e. The van der Waals surface area contributed by atoms with Crippen molar-refractivity contribution in [2.45, 2.75) is 24.9 Å². The molecule has 12 heavy (non-hydrogen) atoms. The summed E-state index contributed by atoms with van der Waals surface area (Å²) in [5.74, 6) is 0.535. The molecule has 4 heteroatoms. The SMILES string of the molecule is OC1(C(F)F)CC2CNCC2C1. The molecule has 1 heterocycles. The number of halogens is 2. The molecule has 0 aromatic carbocycles. The van der Waals surface area contributed by atoms with Gasteiger partial charge in [-0.15, -0.1) is 0 Å². The van der Waals surface area contributed by atoms with Gasteiger partial charge in [-0.25, -0.2) is 8.78 Å². The predicted octanol–water partition coefficient (Wildman–Crippen LogP) is 0.612. The molecule has 2 unspecified atom stereocenters. The van der Waals surface area contributed by atoms with E-state index in [4.69, 9.17) is 0 Å². The van der Waals surface area contributed by atoms with Gasteiger partial charge in [0.05, 0.1) is 0 Å². The van der Waals surface area contributed by atoms with Crippen molar-refractivity contribution < 1.29 is 13.9 Å². The van der Waals surface area contributed by atoms with E-state index in [1.54, 1.807) is 0 Å². The van der Waals surface area contributed by atoms with Crippen LogP contribution in [0.4, 0.5) is 8.78 Å². The van der Waals surface area contributed by atoms with Gasteiger partial charge in [0, 0.05) is 0 Å². The molecule has 2 rings (SSSR count). The molecule has 2 aliphatic rings. The molecule has 2 atom stereocenters. The standard InChI is InChI=1S/C8H13F2NO/c9-7(10)8(12)1-5-3-11-4-6(5)2-8/h5-7,11-12H,1-4H2. The van der Waals surface area contributed by atoms with Gasteiger partial charge < -0.3 is 10.4 Å². The Bertz CT molecular complexity index is 174. The lowest BCUT2D eigenvalue weighted by Crippen LogP contribution is -2.36. The van der Waals surface area contributed by atoms with Gasteiger partial charge in [-0.1, -0.05) is 0 Å². The zero-order valence-corrected chi connectivity index (χ0v) is 6.76. The lowest BCUT2D eigenvalue weighted by atomic mass is 10.0. The van der Waals surface area contributed by atoms with E-state index in [0.29, 0.717) is 0 Å². The van der Waals surface area contributed by atoms with Crippen LogP contribution >= 0.6 is 0 Å². The van der Waals surface area contributed by atoms with Gasteiger partial charge in [0.15, 0.2) is 0 Å². The smallest absolute Gasteiger partial charge is 0.266 e. The van der Waals surface area contributed by atoms with Gasteiger partial charge in [0.2, 0.25) is 0 Å². The number of aliphatic hydroxyl groups is 1. The maximum absolute atomic E-state index is 12.4. The number of nitrogens with one attached hydrogen (secondary N) is 1. The molecule has 2 N–H and O–H groups in total. The van der Waals surface area contributed by atoms with Crippen molar-refractivity contribution >= 4 is 0 Å². The molecular formula is C8H13F2NO. The summed E-state index contributed by atoms with van der Waals surface area (Å²) in [6, 6.07) is 0. The molecule has 0 radical (unpaired) electrons. The van der Waals surface area contributed by atoms with Gasteiger partial charge in [-0.2, -0.15) is 0 Å². The second-order valence-corrected chi connectivity index (χ2v) is 3.99. The molecule has 0 bridgehead atoms. The number of rotatable bonds is 1. The van der Waals surface area contributed by atoms with Crippen molar-refractivity contribution in [2.75, 3.05) is 13.1 Å².